The van der Waals surface area contributed by atoms with Crippen LogP contribution in [0.4, 0.5) is 0 Å². The molecule has 0 saturated heterocycles. The molecule has 0 aliphatic heterocycles. The molecular weight excluding hydrogens is 212 g/mol. The smallest absolute Gasteiger partial charge is 0.0636 e. The largest absolute Gasteiger partial charge is 0.396 e. The summed E-state index contributed by atoms with van der Waals surface area (Å²) >= 11 is 0. The van der Waals surface area contributed by atoms with E-state index in [-0.39, 0.29) is 23.5 Å². The van der Waals surface area contributed by atoms with Crippen molar-refractivity contribution in [3.8, 4) is 0 Å². The van der Waals surface area contributed by atoms with Crippen molar-refractivity contribution in [1.82, 2.24) is 0 Å². The molecular formula is C15H26O2. The predicted molar refractivity (Wildman–Crippen MR) is 67.5 cm³/mol. The second-order valence-electron chi connectivity index (χ2n) is 7.62. The van der Waals surface area contributed by atoms with Gasteiger partial charge in [0.2, 0.25) is 0 Å². The van der Waals surface area contributed by atoms with Crippen molar-refractivity contribution in [3.63, 3.8) is 0 Å². The highest BCUT2D eigenvalue weighted by Crippen LogP contribution is 2.74. The Hall–Kier alpha value is -0.0800. The molecule has 6 atom stereocenters. The van der Waals surface area contributed by atoms with Gasteiger partial charge in [0.1, 0.15) is 0 Å². The number of rotatable bonds is 1. The molecule has 3 saturated carbocycles. The molecule has 0 amide bonds. The lowest BCUT2D eigenvalue weighted by Crippen LogP contribution is -2.46. The zero-order chi connectivity index (χ0) is 12.5. The Bertz CT molecular complexity index is 342. The third-order valence-electron chi connectivity index (χ3n) is 7.13. The van der Waals surface area contributed by atoms with Crippen molar-refractivity contribution < 1.29 is 10.2 Å². The minimum atomic E-state index is -0.205. The molecule has 4 bridgehead atoms. The first-order valence-electron chi connectivity index (χ1n) is 7.18. The molecule has 6 unspecified atom stereocenters. The number of aliphatic hydroxyl groups excluding tert-OH is 2. The van der Waals surface area contributed by atoms with Crippen LogP contribution in [0.1, 0.15) is 52.9 Å². The highest BCUT2D eigenvalue weighted by molar-refractivity contribution is 5.19. The first-order valence-corrected chi connectivity index (χ1v) is 7.18. The van der Waals surface area contributed by atoms with E-state index in [0.29, 0.717) is 17.3 Å². The van der Waals surface area contributed by atoms with Gasteiger partial charge in [-0.3, -0.25) is 0 Å². The second kappa shape index (κ2) is 3.27. The van der Waals surface area contributed by atoms with E-state index in [1.54, 1.807) is 0 Å². The summed E-state index contributed by atoms with van der Waals surface area (Å²) in [7, 11) is 0. The third kappa shape index (κ3) is 1.14. The summed E-state index contributed by atoms with van der Waals surface area (Å²) in [4.78, 5) is 0. The van der Waals surface area contributed by atoms with Crippen LogP contribution in [0.25, 0.3) is 0 Å². The zero-order valence-electron chi connectivity index (χ0n) is 11.4. The maximum atomic E-state index is 10.8. The first-order chi connectivity index (χ1) is 7.89. The summed E-state index contributed by atoms with van der Waals surface area (Å²) in [5.41, 5.74) is 0.350. The predicted octanol–water partition coefficient (Wildman–Crippen LogP) is 2.58. The van der Waals surface area contributed by atoms with Crippen LogP contribution in [0.15, 0.2) is 0 Å². The van der Waals surface area contributed by atoms with Crippen LogP contribution in [-0.2, 0) is 0 Å². The first kappa shape index (κ1) is 12.0. The normalized spacial score (nSPS) is 61.6. The van der Waals surface area contributed by atoms with Gasteiger partial charge in [0.05, 0.1) is 6.10 Å². The van der Waals surface area contributed by atoms with E-state index in [1.165, 1.54) is 25.7 Å². The van der Waals surface area contributed by atoms with Gasteiger partial charge in [-0.05, 0) is 53.8 Å². The lowest BCUT2D eigenvalue weighted by molar-refractivity contribution is -0.0768. The van der Waals surface area contributed by atoms with E-state index in [9.17, 15) is 10.2 Å². The Balaban J connectivity index is 2.10. The zero-order valence-corrected chi connectivity index (χ0v) is 11.4. The molecule has 0 spiro atoms. The van der Waals surface area contributed by atoms with Crippen molar-refractivity contribution in [2.75, 3.05) is 6.61 Å². The lowest BCUT2D eigenvalue weighted by Gasteiger charge is -2.45. The number of hydrogen-bond acceptors (Lipinski definition) is 2. The van der Waals surface area contributed by atoms with Crippen molar-refractivity contribution in [3.05, 3.63) is 0 Å². The van der Waals surface area contributed by atoms with E-state index in [4.69, 9.17) is 0 Å². The fraction of sp³-hybridized carbons (Fsp3) is 1.00. The Morgan fingerprint density at radius 3 is 2.41 bits per heavy atom. The maximum absolute atomic E-state index is 10.8. The van der Waals surface area contributed by atoms with Gasteiger partial charge < -0.3 is 10.2 Å². The van der Waals surface area contributed by atoms with Gasteiger partial charge in [-0.25, -0.2) is 0 Å². The Kier molecular flexibility index (Phi) is 2.30. The molecule has 2 heteroatoms. The maximum Gasteiger partial charge on any atom is 0.0636 e. The Morgan fingerprint density at radius 1 is 1.06 bits per heavy atom. The molecule has 2 N–H and O–H groups in total. The third-order valence-corrected chi connectivity index (χ3v) is 7.13. The fourth-order valence-electron chi connectivity index (χ4n) is 5.71. The van der Waals surface area contributed by atoms with E-state index in [1.807, 2.05) is 0 Å². The molecule has 0 aromatic heterocycles. The van der Waals surface area contributed by atoms with Crippen LogP contribution in [0.3, 0.4) is 0 Å². The monoisotopic (exact) mass is 238 g/mol. The van der Waals surface area contributed by atoms with Gasteiger partial charge in [0, 0.05) is 6.61 Å². The second-order valence-corrected chi connectivity index (χ2v) is 7.62. The Labute approximate surface area is 104 Å². The minimum Gasteiger partial charge on any atom is -0.396 e. The van der Waals surface area contributed by atoms with Gasteiger partial charge >= 0.3 is 0 Å². The van der Waals surface area contributed by atoms with E-state index >= 15 is 0 Å². The molecule has 0 aromatic rings. The van der Waals surface area contributed by atoms with Crippen molar-refractivity contribution in [2.45, 2.75) is 59.0 Å². The van der Waals surface area contributed by atoms with Crippen LogP contribution in [0, 0.1) is 28.1 Å². The topological polar surface area (TPSA) is 40.5 Å². The molecule has 3 fully saturated rings. The van der Waals surface area contributed by atoms with Crippen LogP contribution in [0.2, 0.25) is 0 Å². The van der Waals surface area contributed by atoms with Gasteiger partial charge in [0.15, 0.2) is 0 Å². The summed E-state index contributed by atoms with van der Waals surface area (Å²) in [6.45, 7) is 7.12. The van der Waals surface area contributed by atoms with Crippen molar-refractivity contribution in [2.24, 2.45) is 28.1 Å². The lowest BCUT2D eigenvalue weighted by atomic mass is 9.62. The van der Waals surface area contributed by atoms with Crippen LogP contribution in [0.5, 0.6) is 0 Å². The molecule has 0 aromatic carbocycles. The van der Waals surface area contributed by atoms with Gasteiger partial charge in [-0.15, -0.1) is 0 Å². The highest BCUT2D eigenvalue weighted by atomic mass is 16.3. The van der Waals surface area contributed by atoms with Crippen molar-refractivity contribution in [1.29, 1.82) is 0 Å². The number of aliphatic hydroxyl groups is 2. The molecule has 2 nitrogen and oxygen atoms in total. The minimum absolute atomic E-state index is 0.0555. The molecule has 0 radical (unpaired) electrons. The standard InChI is InChI=1S/C15H26O2/c1-13(9-16)6-4-7-14(2)10-5-8-15(14,3)12(17)11(10)13/h10-12,16-17H,4-9H2,1-3H3. The molecule has 98 valence electrons. The molecule has 0 heterocycles. The van der Waals surface area contributed by atoms with Crippen molar-refractivity contribution >= 4 is 0 Å². The molecule has 3 aliphatic carbocycles. The summed E-state index contributed by atoms with van der Waals surface area (Å²) < 4.78 is 0. The van der Waals surface area contributed by atoms with Crippen LogP contribution < -0.4 is 0 Å². The van der Waals surface area contributed by atoms with Gasteiger partial charge in [-0.2, -0.15) is 0 Å². The average Bonchev–Trinajstić information content (AvgIpc) is 2.57. The van der Waals surface area contributed by atoms with E-state index in [2.05, 4.69) is 20.8 Å². The molecule has 3 rings (SSSR count). The van der Waals surface area contributed by atoms with Crippen LogP contribution >= 0.6 is 0 Å². The molecule has 17 heavy (non-hydrogen) atoms. The number of hydrogen-bond donors (Lipinski definition) is 2. The summed E-state index contributed by atoms with van der Waals surface area (Å²) in [6.07, 6.45) is 5.74. The fourth-order valence-corrected chi connectivity index (χ4v) is 5.71. The quantitative estimate of drug-likeness (QED) is 0.737. The van der Waals surface area contributed by atoms with Gasteiger partial charge in [-0.1, -0.05) is 27.2 Å². The molecule has 3 aliphatic rings. The Morgan fingerprint density at radius 2 is 1.76 bits per heavy atom. The van der Waals surface area contributed by atoms with Gasteiger partial charge in [0.25, 0.3) is 0 Å². The SMILES string of the molecule is CC1(CO)CCCC2(C)C3CCC2(C)C(O)C31. The van der Waals surface area contributed by atoms with E-state index in [0.717, 1.165) is 6.42 Å². The summed E-state index contributed by atoms with van der Waals surface area (Å²) in [5.74, 6) is 0.945. The highest BCUT2D eigenvalue weighted by Gasteiger charge is 2.71. The summed E-state index contributed by atoms with van der Waals surface area (Å²) in [6, 6.07) is 0. The van der Waals surface area contributed by atoms with E-state index < -0.39 is 0 Å². The summed E-state index contributed by atoms with van der Waals surface area (Å²) in [5, 5.41) is 20.6. The van der Waals surface area contributed by atoms with Crippen LogP contribution in [-0.4, -0.2) is 22.9 Å². The average molecular weight is 238 g/mol.